The average Bonchev–Trinajstić information content (AvgIpc) is 3.12. The number of hydrogen-bond acceptors (Lipinski definition) is 5. The first-order valence-corrected chi connectivity index (χ1v) is 8.69. The zero-order valence-corrected chi connectivity index (χ0v) is 15.3. The van der Waals surface area contributed by atoms with Crippen molar-refractivity contribution >= 4 is 17.2 Å². The molecule has 0 aliphatic carbocycles. The van der Waals surface area contributed by atoms with E-state index < -0.39 is 0 Å². The Labute approximate surface area is 146 Å². The maximum absolute atomic E-state index is 13.0. The lowest BCUT2D eigenvalue weighted by Crippen LogP contribution is -2.31. The summed E-state index contributed by atoms with van der Waals surface area (Å²) in [6.07, 6.45) is 0.889. The Morgan fingerprint density at radius 1 is 1.12 bits per heavy atom. The summed E-state index contributed by atoms with van der Waals surface area (Å²) in [6.45, 7) is 3.33. The minimum atomic E-state index is -0.0534. The first kappa shape index (κ1) is 18.1. The third kappa shape index (κ3) is 4.00. The van der Waals surface area contributed by atoms with Crippen LogP contribution in [-0.2, 0) is 6.54 Å². The number of carbonyl (C=O) groups is 1. The van der Waals surface area contributed by atoms with Crippen LogP contribution in [0.15, 0.2) is 29.0 Å². The molecular weight excluding hydrogens is 326 g/mol. The molecule has 1 heterocycles. The van der Waals surface area contributed by atoms with E-state index in [9.17, 15) is 4.79 Å². The van der Waals surface area contributed by atoms with Crippen molar-refractivity contribution in [3.8, 4) is 17.2 Å². The van der Waals surface area contributed by atoms with Crippen LogP contribution in [0.5, 0.6) is 17.2 Å². The topological polar surface area (TPSA) is 48.0 Å². The summed E-state index contributed by atoms with van der Waals surface area (Å²) >= 11 is 1.63. The third-order valence-electron chi connectivity index (χ3n) is 3.65. The molecule has 1 aromatic carbocycles. The number of thiophene rings is 1. The van der Waals surface area contributed by atoms with Crippen molar-refractivity contribution in [2.24, 2.45) is 0 Å². The summed E-state index contributed by atoms with van der Waals surface area (Å²) in [4.78, 5) is 14.8. The molecular formula is C18H23NO4S. The molecule has 0 saturated heterocycles. The van der Waals surface area contributed by atoms with Gasteiger partial charge in [-0.3, -0.25) is 4.79 Å². The average molecular weight is 349 g/mol. The third-order valence-corrected chi connectivity index (χ3v) is 4.38. The van der Waals surface area contributed by atoms with Gasteiger partial charge in [0, 0.05) is 18.7 Å². The molecule has 0 atom stereocenters. The fourth-order valence-corrected chi connectivity index (χ4v) is 3.17. The summed E-state index contributed by atoms with van der Waals surface area (Å²) in [6, 6.07) is 5.43. The molecule has 0 radical (unpaired) electrons. The minimum absolute atomic E-state index is 0.0534. The molecule has 0 aliphatic rings. The van der Waals surface area contributed by atoms with Gasteiger partial charge in [0.1, 0.15) is 0 Å². The van der Waals surface area contributed by atoms with Gasteiger partial charge in [-0.25, -0.2) is 0 Å². The number of methoxy groups -OCH3 is 3. The lowest BCUT2D eigenvalue weighted by molar-refractivity contribution is 0.0742. The molecule has 0 fully saturated rings. The highest BCUT2D eigenvalue weighted by Gasteiger charge is 2.21. The van der Waals surface area contributed by atoms with Crippen molar-refractivity contribution in [1.29, 1.82) is 0 Å². The summed E-state index contributed by atoms with van der Waals surface area (Å²) in [5.74, 6) is 1.39. The highest BCUT2D eigenvalue weighted by atomic mass is 32.1. The first-order valence-electron chi connectivity index (χ1n) is 7.74. The Bertz CT molecular complexity index is 645. The standard InChI is InChI=1S/C18H23NO4S/c1-5-7-19(11-13-6-8-24-12-13)18(20)14-9-15(21-2)17(23-4)16(10-14)22-3/h6,8-10,12H,5,7,11H2,1-4H3. The Hall–Kier alpha value is -2.21. The number of ether oxygens (including phenoxy) is 3. The smallest absolute Gasteiger partial charge is 0.254 e. The van der Waals surface area contributed by atoms with E-state index in [1.807, 2.05) is 16.3 Å². The molecule has 2 aromatic rings. The van der Waals surface area contributed by atoms with Crippen LogP contribution in [0.1, 0.15) is 29.3 Å². The second-order valence-electron chi connectivity index (χ2n) is 5.27. The summed E-state index contributed by atoms with van der Waals surface area (Å²) in [5.41, 5.74) is 1.66. The summed E-state index contributed by atoms with van der Waals surface area (Å²) in [7, 11) is 4.63. The molecule has 24 heavy (non-hydrogen) atoms. The molecule has 1 aromatic heterocycles. The van der Waals surface area contributed by atoms with E-state index in [2.05, 4.69) is 12.3 Å². The van der Waals surface area contributed by atoms with Gasteiger partial charge in [0.2, 0.25) is 5.75 Å². The number of nitrogens with zero attached hydrogens (tertiary/aromatic N) is 1. The van der Waals surface area contributed by atoms with Crippen molar-refractivity contribution in [2.75, 3.05) is 27.9 Å². The SMILES string of the molecule is CCCN(Cc1ccsc1)C(=O)c1cc(OC)c(OC)c(OC)c1. The minimum Gasteiger partial charge on any atom is -0.493 e. The Morgan fingerprint density at radius 2 is 1.79 bits per heavy atom. The zero-order valence-electron chi connectivity index (χ0n) is 14.5. The van der Waals surface area contributed by atoms with E-state index in [-0.39, 0.29) is 5.91 Å². The predicted octanol–water partition coefficient (Wildman–Crippen LogP) is 3.83. The fraction of sp³-hybridized carbons (Fsp3) is 0.389. The number of hydrogen-bond donors (Lipinski definition) is 0. The Balaban J connectivity index is 2.34. The molecule has 0 unspecified atom stereocenters. The summed E-state index contributed by atoms with van der Waals surface area (Å²) < 4.78 is 16.0. The molecule has 0 saturated carbocycles. The normalized spacial score (nSPS) is 10.3. The number of benzene rings is 1. The van der Waals surface area contributed by atoms with E-state index in [0.717, 1.165) is 12.0 Å². The molecule has 6 heteroatoms. The second kappa shape index (κ2) is 8.59. The lowest BCUT2D eigenvalue weighted by Gasteiger charge is -2.23. The predicted molar refractivity (Wildman–Crippen MR) is 95.4 cm³/mol. The number of carbonyl (C=O) groups excluding carboxylic acids is 1. The lowest BCUT2D eigenvalue weighted by atomic mass is 10.1. The van der Waals surface area contributed by atoms with Gasteiger partial charge in [-0.1, -0.05) is 6.92 Å². The van der Waals surface area contributed by atoms with Crippen molar-refractivity contribution in [2.45, 2.75) is 19.9 Å². The molecule has 0 N–H and O–H groups in total. The van der Waals surface area contributed by atoms with Crippen LogP contribution in [0, 0.1) is 0 Å². The number of rotatable bonds is 8. The molecule has 2 rings (SSSR count). The Kier molecular flexibility index (Phi) is 6.49. The zero-order chi connectivity index (χ0) is 17.5. The molecule has 130 valence electrons. The summed E-state index contributed by atoms with van der Waals surface area (Å²) in [5, 5.41) is 4.08. The van der Waals surface area contributed by atoms with Crippen LogP contribution in [0.2, 0.25) is 0 Å². The molecule has 0 bridgehead atoms. The maximum atomic E-state index is 13.0. The van der Waals surface area contributed by atoms with Gasteiger partial charge < -0.3 is 19.1 Å². The van der Waals surface area contributed by atoms with E-state index in [0.29, 0.717) is 35.9 Å². The van der Waals surface area contributed by atoms with Crippen LogP contribution in [0.3, 0.4) is 0 Å². The molecule has 0 aliphatic heterocycles. The van der Waals surface area contributed by atoms with E-state index in [1.54, 1.807) is 44.8 Å². The van der Waals surface area contributed by atoms with Gasteiger partial charge in [0.15, 0.2) is 11.5 Å². The van der Waals surface area contributed by atoms with Crippen LogP contribution in [0.25, 0.3) is 0 Å². The van der Waals surface area contributed by atoms with Gasteiger partial charge in [-0.2, -0.15) is 11.3 Å². The van der Waals surface area contributed by atoms with Crippen molar-refractivity contribution in [1.82, 2.24) is 4.90 Å². The van der Waals surface area contributed by atoms with Gasteiger partial charge in [-0.15, -0.1) is 0 Å². The fourth-order valence-electron chi connectivity index (χ4n) is 2.51. The first-order chi connectivity index (χ1) is 11.6. The van der Waals surface area contributed by atoms with Crippen LogP contribution in [0.4, 0.5) is 0 Å². The maximum Gasteiger partial charge on any atom is 0.254 e. The number of amides is 1. The van der Waals surface area contributed by atoms with E-state index in [1.165, 1.54) is 0 Å². The quantitative estimate of drug-likeness (QED) is 0.727. The van der Waals surface area contributed by atoms with Gasteiger partial charge in [0.05, 0.1) is 21.3 Å². The molecule has 1 amide bonds. The highest BCUT2D eigenvalue weighted by Crippen LogP contribution is 2.38. The van der Waals surface area contributed by atoms with Crippen molar-refractivity contribution < 1.29 is 19.0 Å². The van der Waals surface area contributed by atoms with Crippen LogP contribution < -0.4 is 14.2 Å². The molecule has 0 spiro atoms. The van der Waals surface area contributed by atoms with E-state index >= 15 is 0 Å². The van der Waals surface area contributed by atoms with E-state index in [4.69, 9.17) is 14.2 Å². The second-order valence-corrected chi connectivity index (χ2v) is 6.05. The van der Waals surface area contributed by atoms with Gasteiger partial charge in [-0.05, 0) is 40.9 Å². The monoisotopic (exact) mass is 349 g/mol. The largest absolute Gasteiger partial charge is 0.493 e. The molecule has 5 nitrogen and oxygen atoms in total. The van der Waals surface area contributed by atoms with Crippen LogP contribution in [-0.4, -0.2) is 38.7 Å². The highest BCUT2D eigenvalue weighted by molar-refractivity contribution is 7.07. The van der Waals surface area contributed by atoms with Crippen molar-refractivity contribution in [3.05, 3.63) is 40.1 Å². The van der Waals surface area contributed by atoms with Gasteiger partial charge >= 0.3 is 0 Å². The van der Waals surface area contributed by atoms with Crippen molar-refractivity contribution in [3.63, 3.8) is 0 Å². The van der Waals surface area contributed by atoms with Crippen LogP contribution >= 0.6 is 11.3 Å². The van der Waals surface area contributed by atoms with Gasteiger partial charge in [0.25, 0.3) is 5.91 Å². The Morgan fingerprint density at radius 3 is 2.25 bits per heavy atom.